The number of methoxy groups -OCH3 is 6. The summed E-state index contributed by atoms with van der Waals surface area (Å²) in [5.41, 5.74) is -0.244. The number of hydrogen-bond donors (Lipinski definition) is 0. The summed E-state index contributed by atoms with van der Waals surface area (Å²) >= 11 is 0. The van der Waals surface area contributed by atoms with Crippen molar-refractivity contribution in [2.75, 3.05) is 102 Å². The van der Waals surface area contributed by atoms with Crippen molar-refractivity contribution in [1.29, 1.82) is 0 Å². The minimum atomic E-state index is -0.383. The maximum atomic E-state index is 10.6. The van der Waals surface area contributed by atoms with Crippen LogP contribution in [0, 0.1) is 5.41 Å². The fourth-order valence-electron chi connectivity index (χ4n) is 2.83. The molecule has 0 fully saturated rings. The molecule has 0 rings (SSSR count). The average molecular weight is 595 g/mol. The Bertz CT molecular complexity index is 588. The summed E-state index contributed by atoms with van der Waals surface area (Å²) in [7, 11) is 10.0. The number of carbonyl (C=O) groups is 3. The summed E-state index contributed by atoms with van der Waals surface area (Å²) in [4.78, 5) is 30.8. The number of unbranched alkanes of at least 4 members (excludes halogenated alkanes) is 2. The zero-order valence-corrected chi connectivity index (χ0v) is 27.0. The fourth-order valence-corrected chi connectivity index (χ4v) is 2.83. The van der Waals surface area contributed by atoms with Gasteiger partial charge < -0.3 is 42.7 Å². The third kappa shape index (κ3) is 42.6. The summed E-state index contributed by atoms with van der Waals surface area (Å²) in [5, 5.41) is 0. The molecule has 0 bridgehead atoms. The topological polar surface area (TPSA) is 125 Å². The van der Waals surface area contributed by atoms with Gasteiger partial charge in [-0.25, -0.2) is 4.79 Å². The monoisotopic (exact) mass is 594 g/mol. The zero-order valence-electron chi connectivity index (χ0n) is 27.0. The molecule has 11 heteroatoms. The minimum absolute atomic E-state index is 0.0185. The molecule has 0 saturated heterocycles. The van der Waals surface area contributed by atoms with Gasteiger partial charge in [0.1, 0.15) is 5.78 Å². The van der Waals surface area contributed by atoms with E-state index in [1.807, 2.05) is 0 Å². The molecule has 0 aromatic carbocycles. The highest BCUT2D eigenvalue weighted by molar-refractivity contribution is 5.86. The van der Waals surface area contributed by atoms with Crippen LogP contribution >= 0.6 is 0 Å². The van der Waals surface area contributed by atoms with Crippen LogP contribution in [-0.4, -0.2) is 120 Å². The maximum absolute atomic E-state index is 10.6. The van der Waals surface area contributed by atoms with E-state index in [4.69, 9.17) is 37.9 Å². The van der Waals surface area contributed by atoms with E-state index in [1.165, 1.54) is 13.0 Å². The minimum Gasteiger partial charge on any atom is -0.463 e. The molecule has 0 N–H and O–H groups in total. The van der Waals surface area contributed by atoms with Gasteiger partial charge in [-0.3, -0.25) is 4.79 Å². The van der Waals surface area contributed by atoms with Crippen molar-refractivity contribution in [2.45, 2.75) is 46.0 Å². The van der Waals surface area contributed by atoms with Gasteiger partial charge in [0.05, 0.1) is 51.7 Å². The molecule has 0 spiro atoms. The van der Waals surface area contributed by atoms with Gasteiger partial charge in [-0.15, -0.1) is 0 Å². The van der Waals surface area contributed by atoms with Gasteiger partial charge in [0.15, 0.2) is 5.78 Å². The van der Waals surface area contributed by atoms with Gasteiger partial charge in [0.2, 0.25) is 0 Å². The van der Waals surface area contributed by atoms with E-state index >= 15 is 0 Å². The molecule has 0 aliphatic carbocycles. The highest BCUT2D eigenvalue weighted by Crippen LogP contribution is 2.19. The zero-order chi connectivity index (χ0) is 32.2. The Balaban J connectivity index is -0.000000243. The molecule has 0 radical (unpaired) electrons. The molecular weight excluding hydrogens is 536 g/mol. The number of Topliss-reactive ketones (excluding diaryl/α,β-unsaturated/α-hetero) is 1. The molecule has 244 valence electrons. The van der Waals surface area contributed by atoms with E-state index in [0.717, 1.165) is 45.0 Å². The molecule has 0 aromatic heterocycles. The molecule has 11 nitrogen and oxygen atoms in total. The van der Waals surface area contributed by atoms with Crippen LogP contribution in [0.4, 0.5) is 0 Å². The first kappa shape index (κ1) is 46.0. The van der Waals surface area contributed by atoms with Crippen molar-refractivity contribution < 1.29 is 52.3 Å². The highest BCUT2D eigenvalue weighted by atomic mass is 16.5. The summed E-state index contributed by atoms with van der Waals surface area (Å²) in [5.74, 6) is -0.153. The molecule has 0 saturated carbocycles. The van der Waals surface area contributed by atoms with Gasteiger partial charge in [0.25, 0.3) is 0 Å². The summed E-state index contributed by atoms with van der Waals surface area (Å²) in [6, 6.07) is 0. The molecule has 0 aliphatic rings. The molecule has 0 aliphatic heterocycles. The lowest BCUT2D eigenvalue weighted by atomic mass is 9.92. The fraction of sp³-hybridized carbons (Fsp3) is 0.767. The number of hydrogen-bond acceptors (Lipinski definition) is 11. The number of ketones is 2. The number of allylic oxidation sites excluding steroid dienone is 1. The van der Waals surface area contributed by atoms with Crippen LogP contribution in [0.2, 0.25) is 0 Å². The normalized spacial score (nSPS) is 10.0. The van der Waals surface area contributed by atoms with Gasteiger partial charge in [-0.05, 0) is 45.6 Å². The smallest absolute Gasteiger partial charge is 0.330 e. The Morgan fingerprint density at radius 3 is 1.44 bits per heavy atom. The first-order chi connectivity index (χ1) is 19.6. The molecule has 0 unspecified atom stereocenters. The second-order valence-corrected chi connectivity index (χ2v) is 8.88. The summed E-state index contributed by atoms with van der Waals surface area (Å²) < 4.78 is 40.3. The number of esters is 1. The third-order valence-corrected chi connectivity index (χ3v) is 4.76. The van der Waals surface area contributed by atoms with Crippen molar-refractivity contribution in [3.63, 3.8) is 0 Å². The van der Waals surface area contributed by atoms with Crippen LogP contribution in [0.15, 0.2) is 25.3 Å². The Kier molecular flexibility index (Phi) is 42.6. The van der Waals surface area contributed by atoms with Crippen molar-refractivity contribution in [2.24, 2.45) is 5.41 Å². The van der Waals surface area contributed by atoms with E-state index in [1.54, 1.807) is 49.6 Å². The molecule has 0 amide bonds. The maximum Gasteiger partial charge on any atom is 0.330 e. The molecular formula is C30H58O11. The lowest BCUT2D eigenvalue weighted by Crippen LogP contribution is -2.41. The van der Waals surface area contributed by atoms with Crippen LogP contribution in [0.5, 0.6) is 0 Å². The Labute approximate surface area is 248 Å². The lowest BCUT2D eigenvalue weighted by Gasteiger charge is -2.31. The van der Waals surface area contributed by atoms with Gasteiger partial charge in [-0.2, -0.15) is 0 Å². The van der Waals surface area contributed by atoms with E-state index in [-0.39, 0.29) is 23.0 Å². The van der Waals surface area contributed by atoms with E-state index < -0.39 is 0 Å². The summed E-state index contributed by atoms with van der Waals surface area (Å²) in [6.45, 7) is 14.9. The summed E-state index contributed by atoms with van der Waals surface area (Å²) in [6.07, 6.45) is 6.65. The van der Waals surface area contributed by atoms with Crippen LogP contribution in [0.25, 0.3) is 0 Å². The van der Waals surface area contributed by atoms with Crippen molar-refractivity contribution in [3.05, 3.63) is 25.3 Å². The van der Waals surface area contributed by atoms with E-state index in [2.05, 4.69) is 13.2 Å². The SMILES string of the molecule is C=CC(=O)OCCCCCC(C)=O.C=CC(C)=O.COCCCOC.COCCOCC(COC)(COC)COC. The number of ether oxygens (including phenoxy) is 8. The molecule has 0 atom stereocenters. The first-order valence-electron chi connectivity index (χ1n) is 13.5. The van der Waals surface area contributed by atoms with Crippen LogP contribution in [0.1, 0.15) is 46.0 Å². The largest absolute Gasteiger partial charge is 0.463 e. The Morgan fingerprint density at radius 2 is 1.07 bits per heavy atom. The van der Waals surface area contributed by atoms with Gasteiger partial charge in [0, 0.05) is 68.4 Å². The third-order valence-electron chi connectivity index (χ3n) is 4.76. The van der Waals surface area contributed by atoms with E-state index in [9.17, 15) is 14.4 Å². The van der Waals surface area contributed by atoms with Crippen molar-refractivity contribution in [1.82, 2.24) is 0 Å². The molecule has 0 aromatic rings. The van der Waals surface area contributed by atoms with Crippen LogP contribution in [0.3, 0.4) is 0 Å². The predicted molar refractivity (Wildman–Crippen MR) is 160 cm³/mol. The lowest BCUT2D eigenvalue weighted by molar-refractivity contribution is -0.137. The number of rotatable bonds is 23. The van der Waals surface area contributed by atoms with Crippen molar-refractivity contribution in [3.8, 4) is 0 Å². The van der Waals surface area contributed by atoms with Gasteiger partial charge in [-0.1, -0.05) is 13.2 Å². The highest BCUT2D eigenvalue weighted by Gasteiger charge is 2.31. The van der Waals surface area contributed by atoms with Crippen molar-refractivity contribution >= 4 is 17.5 Å². The molecule has 0 heterocycles. The second-order valence-electron chi connectivity index (χ2n) is 8.88. The Hall–Kier alpha value is -1.99. The molecule has 41 heavy (non-hydrogen) atoms. The first-order valence-corrected chi connectivity index (χ1v) is 13.5. The predicted octanol–water partition coefficient (Wildman–Crippen LogP) is 3.87. The average Bonchev–Trinajstić information content (AvgIpc) is 2.94. The van der Waals surface area contributed by atoms with E-state index in [0.29, 0.717) is 52.7 Å². The quantitative estimate of drug-likeness (QED) is 0.0972. The Morgan fingerprint density at radius 1 is 0.585 bits per heavy atom. The standard InChI is InChI=1S/C11H24O5.C10H16O3.C5H12O2.C4H6O/c1-12-5-6-16-10-11(7-13-2,8-14-3)9-15-4;1-3-10(12)13-8-6-4-5-7-9(2)11;1-6-4-3-5-7-2;1-3-4(2)5/h5-10H2,1-4H3;3H,1,4-8H2,2H3;3-5H2,1-2H3;3H,1H2,2H3. The van der Waals surface area contributed by atoms with Crippen LogP contribution in [-0.2, 0) is 52.3 Å². The van der Waals surface area contributed by atoms with Gasteiger partial charge >= 0.3 is 5.97 Å². The second kappa shape index (κ2) is 38.0. The van der Waals surface area contributed by atoms with Crippen LogP contribution < -0.4 is 0 Å². The number of carbonyl (C=O) groups excluding carboxylic acids is 3.